The van der Waals surface area contributed by atoms with Crippen molar-refractivity contribution in [1.29, 1.82) is 0 Å². The van der Waals surface area contributed by atoms with Crippen LogP contribution in [0.3, 0.4) is 0 Å². The second-order valence-electron chi connectivity index (χ2n) is 5.96. The lowest BCUT2D eigenvalue weighted by Gasteiger charge is -2.07. The summed E-state index contributed by atoms with van der Waals surface area (Å²) < 4.78 is 18.3. The molecule has 0 unspecified atom stereocenters. The van der Waals surface area contributed by atoms with Gasteiger partial charge in [-0.25, -0.2) is 4.39 Å². The van der Waals surface area contributed by atoms with Crippen molar-refractivity contribution in [2.45, 2.75) is 0 Å². The van der Waals surface area contributed by atoms with Crippen molar-refractivity contribution < 1.29 is 13.9 Å². The van der Waals surface area contributed by atoms with Gasteiger partial charge in [0, 0.05) is 5.56 Å². The van der Waals surface area contributed by atoms with Crippen LogP contribution < -0.4 is 10.1 Å². The van der Waals surface area contributed by atoms with Crippen LogP contribution in [0.2, 0.25) is 5.02 Å². The molecule has 0 radical (unpaired) electrons. The summed E-state index contributed by atoms with van der Waals surface area (Å²) in [5, 5.41) is 12.8. The highest BCUT2D eigenvalue weighted by Crippen LogP contribution is 2.27. The van der Waals surface area contributed by atoms with Crippen LogP contribution in [-0.2, 0) is 4.79 Å². The van der Waals surface area contributed by atoms with E-state index >= 15 is 0 Å². The maximum absolute atomic E-state index is 13.0. The topological polar surface area (TPSA) is 79.9 Å². The molecule has 6 nitrogen and oxygen atoms in total. The van der Waals surface area contributed by atoms with Crippen molar-refractivity contribution >= 4 is 34.2 Å². The molecular weight excluding hydrogens is 383 g/mol. The first kappa shape index (κ1) is 17.9. The number of carbonyl (C=O) groups is 1. The Morgan fingerprint density at radius 3 is 2.79 bits per heavy atom. The highest BCUT2D eigenvalue weighted by atomic mass is 35.5. The number of carbonyl (C=O) groups excluding carboxylic acids is 1. The Hall–Kier alpha value is -3.45. The number of amides is 1. The monoisotopic (exact) mass is 396 g/mol. The van der Waals surface area contributed by atoms with E-state index in [-0.39, 0.29) is 23.3 Å². The molecule has 3 aromatic carbocycles. The van der Waals surface area contributed by atoms with Crippen LogP contribution in [0.4, 0.5) is 10.3 Å². The Labute approximate surface area is 164 Å². The van der Waals surface area contributed by atoms with Gasteiger partial charge in [-0.3, -0.25) is 10.1 Å². The molecule has 1 heterocycles. The van der Waals surface area contributed by atoms with Crippen LogP contribution >= 0.6 is 11.6 Å². The van der Waals surface area contributed by atoms with Crippen LogP contribution in [0.1, 0.15) is 0 Å². The number of benzene rings is 3. The molecule has 0 fully saturated rings. The van der Waals surface area contributed by atoms with Gasteiger partial charge in [-0.1, -0.05) is 54.1 Å². The Balaban J connectivity index is 1.45. The molecular formula is C20H14ClFN4O2. The summed E-state index contributed by atoms with van der Waals surface area (Å²) >= 11 is 5.87. The van der Waals surface area contributed by atoms with E-state index in [1.807, 2.05) is 42.5 Å². The number of ether oxygens (including phenoxy) is 1. The standard InChI is InChI=1S/C20H14ClFN4O2/c21-16-10-13(22)8-9-17(16)28-11-18(27)23-20-24-19(25-26-20)15-7-3-5-12-4-1-2-6-14(12)15/h1-10H,11H2,(H2,23,24,25,26,27). The van der Waals surface area contributed by atoms with E-state index in [9.17, 15) is 9.18 Å². The molecule has 0 aliphatic carbocycles. The lowest BCUT2D eigenvalue weighted by atomic mass is 10.0. The second-order valence-corrected chi connectivity index (χ2v) is 6.37. The fraction of sp³-hybridized carbons (Fsp3) is 0.0500. The molecule has 2 N–H and O–H groups in total. The summed E-state index contributed by atoms with van der Waals surface area (Å²) in [7, 11) is 0. The number of aromatic amines is 1. The lowest BCUT2D eigenvalue weighted by molar-refractivity contribution is -0.118. The third-order valence-electron chi connectivity index (χ3n) is 4.04. The van der Waals surface area contributed by atoms with Gasteiger partial charge in [0.15, 0.2) is 12.4 Å². The average molecular weight is 397 g/mol. The fourth-order valence-electron chi connectivity index (χ4n) is 2.78. The Morgan fingerprint density at radius 2 is 1.93 bits per heavy atom. The maximum Gasteiger partial charge on any atom is 0.264 e. The van der Waals surface area contributed by atoms with Crippen LogP contribution in [0.15, 0.2) is 60.7 Å². The largest absolute Gasteiger partial charge is 0.482 e. The molecule has 1 aromatic heterocycles. The van der Waals surface area contributed by atoms with Crippen molar-refractivity contribution in [2.24, 2.45) is 0 Å². The SMILES string of the molecule is O=C(COc1ccc(F)cc1Cl)Nc1nnc(-c2cccc3ccccc23)[nH]1. The zero-order valence-electron chi connectivity index (χ0n) is 14.4. The lowest BCUT2D eigenvalue weighted by Crippen LogP contribution is -2.21. The predicted molar refractivity (Wildman–Crippen MR) is 105 cm³/mol. The van der Waals surface area contributed by atoms with Gasteiger partial charge in [0.2, 0.25) is 5.95 Å². The van der Waals surface area contributed by atoms with Crippen molar-refractivity contribution in [3.63, 3.8) is 0 Å². The smallest absolute Gasteiger partial charge is 0.264 e. The number of fused-ring (bicyclic) bond motifs is 1. The molecule has 0 aliphatic rings. The van der Waals surface area contributed by atoms with E-state index in [0.717, 1.165) is 22.4 Å². The number of aromatic nitrogens is 3. The molecule has 0 aliphatic heterocycles. The Bertz CT molecular complexity index is 1160. The Morgan fingerprint density at radius 1 is 1.11 bits per heavy atom. The van der Waals surface area contributed by atoms with Gasteiger partial charge in [0.25, 0.3) is 5.91 Å². The van der Waals surface area contributed by atoms with Crippen molar-refractivity contribution in [2.75, 3.05) is 11.9 Å². The number of hydrogen-bond donors (Lipinski definition) is 2. The molecule has 4 aromatic rings. The van der Waals surface area contributed by atoms with Gasteiger partial charge in [-0.2, -0.15) is 0 Å². The number of H-pyrrole nitrogens is 1. The Kier molecular flexibility index (Phi) is 4.90. The van der Waals surface area contributed by atoms with Crippen LogP contribution in [0.25, 0.3) is 22.2 Å². The normalized spacial score (nSPS) is 10.8. The molecule has 0 bridgehead atoms. The number of nitrogens with zero attached hydrogens (tertiary/aromatic N) is 2. The highest BCUT2D eigenvalue weighted by Gasteiger charge is 2.12. The third-order valence-corrected chi connectivity index (χ3v) is 4.34. The van der Waals surface area contributed by atoms with Crippen LogP contribution in [0.5, 0.6) is 5.75 Å². The molecule has 0 spiro atoms. The first-order valence-corrected chi connectivity index (χ1v) is 8.76. The van der Waals surface area contributed by atoms with Crippen LogP contribution in [-0.4, -0.2) is 27.7 Å². The molecule has 0 saturated heterocycles. The van der Waals surface area contributed by atoms with Crippen molar-refractivity contribution in [3.05, 3.63) is 71.5 Å². The maximum atomic E-state index is 13.0. The molecule has 8 heteroatoms. The van der Waals surface area contributed by atoms with Crippen LogP contribution in [0, 0.1) is 5.82 Å². The zero-order valence-corrected chi connectivity index (χ0v) is 15.2. The van der Waals surface area contributed by atoms with Gasteiger partial charge >= 0.3 is 0 Å². The molecule has 0 atom stereocenters. The van der Waals surface area contributed by atoms with E-state index < -0.39 is 11.7 Å². The number of rotatable bonds is 5. The van der Waals surface area contributed by atoms with Gasteiger partial charge in [-0.15, -0.1) is 10.2 Å². The summed E-state index contributed by atoms with van der Waals surface area (Å²) in [5.41, 5.74) is 0.875. The van der Waals surface area contributed by atoms with Gasteiger partial charge in [0.1, 0.15) is 11.6 Å². The number of halogens is 2. The number of nitrogens with one attached hydrogen (secondary N) is 2. The summed E-state index contributed by atoms with van der Waals surface area (Å²) in [4.78, 5) is 15.1. The summed E-state index contributed by atoms with van der Waals surface area (Å²) in [6, 6.07) is 17.4. The quantitative estimate of drug-likeness (QED) is 0.522. The van der Waals surface area contributed by atoms with Crippen molar-refractivity contribution in [1.82, 2.24) is 15.2 Å². The third kappa shape index (κ3) is 3.79. The predicted octanol–water partition coefficient (Wildman–Crippen LogP) is 4.43. The van der Waals surface area contributed by atoms with E-state index in [2.05, 4.69) is 20.5 Å². The molecule has 4 rings (SSSR count). The molecule has 140 valence electrons. The van der Waals surface area contributed by atoms with Gasteiger partial charge in [0.05, 0.1) is 5.02 Å². The minimum atomic E-state index is -0.482. The number of anilines is 1. The van der Waals surface area contributed by atoms with Gasteiger partial charge in [-0.05, 0) is 29.0 Å². The zero-order chi connectivity index (χ0) is 19.5. The summed E-state index contributed by atoms with van der Waals surface area (Å²) in [5.74, 6) is 0.00834. The van der Waals surface area contributed by atoms with Crippen molar-refractivity contribution in [3.8, 4) is 17.1 Å². The van der Waals surface area contributed by atoms with E-state index in [1.165, 1.54) is 12.1 Å². The summed E-state index contributed by atoms with van der Waals surface area (Å²) in [6.45, 7) is -0.310. The van der Waals surface area contributed by atoms with E-state index in [0.29, 0.717) is 5.82 Å². The molecule has 0 saturated carbocycles. The highest BCUT2D eigenvalue weighted by molar-refractivity contribution is 6.32. The number of hydrogen-bond acceptors (Lipinski definition) is 4. The molecule has 1 amide bonds. The summed E-state index contributed by atoms with van der Waals surface area (Å²) in [6.07, 6.45) is 0. The average Bonchev–Trinajstić information content (AvgIpc) is 3.15. The van der Waals surface area contributed by atoms with E-state index in [1.54, 1.807) is 0 Å². The minimum Gasteiger partial charge on any atom is -0.482 e. The molecule has 28 heavy (non-hydrogen) atoms. The second kappa shape index (κ2) is 7.66. The first-order chi connectivity index (χ1) is 13.6. The fourth-order valence-corrected chi connectivity index (χ4v) is 3.00. The van der Waals surface area contributed by atoms with Gasteiger partial charge < -0.3 is 9.72 Å². The first-order valence-electron chi connectivity index (χ1n) is 8.39. The minimum absolute atomic E-state index is 0.0886. The van der Waals surface area contributed by atoms with E-state index in [4.69, 9.17) is 16.3 Å².